The Morgan fingerprint density at radius 3 is 2.48 bits per heavy atom. The van der Waals surface area contributed by atoms with Crippen molar-refractivity contribution >= 4 is 11.8 Å². The quantitative estimate of drug-likeness (QED) is 0.526. The molecule has 1 saturated heterocycles. The number of fused-ring (bicyclic) bond motifs is 1. The van der Waals surface area contributed by atoms with Crippen LogP contribution in [-0.4, -0.2) is 71.0 Å². The van der Waals surface area contributed by atoms with Gasteiger partial charge in [-0.25, -0.2) is 0 Å². The Labute approximate surface area is 197 Å². The summed E-state index contributed by atoms with van der Waals surface area (Å²) in [6.45, 7) is 7.46. The summed E-state index contributed by atoms with van der Waals surface area (Å²) in [5.74, 6) is 0.337. The molecule has 1 heterocycles. The third kappa shape index (κ3) is 5.63. The molecular weight excluding hydrogens is 420 g/mol. The number of hydrogen-bond donors (Lipinski definition) is 3. The van der Waals surface area contributed by atoms with E-state index in [2.05, 4.69) is 11.9 Å². The Balaban J connectivity index is 1.40. The first-order valence-corrected chi connectivity index (χ1v) is 13.1. The zero-order valence-electron chi connectivity index (χ0n) is 20.0. The SMILES string of the molecule is C=CC(=O)NC1CCC2CN(C(=O)C3C(O)CC(O)C(C)C3OCC3CCCCC3)CC2C1. The standard InChI is InChI=1S/C26H42N2O5/c1-3-23(31)27-20-10-9-18-13-28(14-19(18)11-20)26(32)24-22(30)12-21(29)16(2)25(24)33-15-17-7-5-4-6-8-17/h3,16-22,24-25,29-30H,1,4-15H2,2H3,(H,27,31). The predicted octanol–water partition coefficient (Wildman–Crippen LogP) is 2.26. The average molecular weight is 463 g/mol. The molecule has 8 atom stereocenters. The lowest BCUT2D eigenvalue weighted by Crippen LogP contribution is -2.55. The highest BCUT2D eigenvalue weighted by Gasteiger charge is 2.49. The Kier molecular flexibility index (Phi) is 8.13. The average Bonchev–Trinajstić information content (AvgIpc) is 3.24. The maximum atomic E-state index is 13.7. The second-order valence-electron chi connectivity index (χ2n) is 11.0. The van der Waals surface area contributed by atoms with Gasteiger partial charge < -0.3 is 25.2 Å². The number of rotatable bonds is 6. The van der Waals surface area contributed by atoms with Crippen LogP contribution in [0.15, 0.2) is 12.7 Å². The van der Waals surface area contributed by atoms with E-state index in [-0.39, 0.29) is 30.2 Å². The van der Waals surface area contributed by atoms with E-state index in [1.54, 1.807) is 0 Å². The van der Waals surface area contributed by atoms with Crippen molar-refractivity contribution in [2.24, 2.45) is 29.6 Å². The molecule has 7 heteroatoms. The van der Waals surface area contributed by atoms with E-state index in [0.717, 1.165) is 32.1 Å². The van der Waals surface area contributed by atoms with Crippen LogP contribution in [0.2, 0.25) is 0 Å². The van der Waals surface area contributed by atoms with Crippen LogP contribution in [0.5, 0.6) is 0 Å². The number of nitrogens with zero attached hydrogens (tertiary/aromatic N) is 1. The van der Waals surface area contributed by atoms with Crippen molar-refractivity contribution in [3.8, 4) is 0 Å². The number of aliphatic hydroxyl groups excluding tert-OH is 2. The lowest BCUT2D eigenvalue weighted by atomic mass is 9.75. The maximum absolute atomic E-state index is 13.7. The maximum Gasteiger partial charge on any atom is 0.243 e. The van der Waals surface area contributed by atoms with Gasteiger partial charge in [-0.2, -0.15) is 0 Å². The third-order valence-corrected chi connectivity index (χ3v) is 8.80. The number of amides is 2. The van der Waals surface area contributed by atoms with Gasteiger partial charge in [0, 0.05) is 38.1 Å². The van der Waals surface area contributed by atoms with Gasteiger partial charge in [-0.05, 0) is 55.9 Å². The largest absolute Gasteiger partial charge is 0.393 e. The Morgan fingerprint density at radius 2 is 1.76 bits per heavy atom. The Bertz CT molecular complexity index is 709. The van der Waals surface area contributed by atoms with Crippen LogP contribution in [0.1, 0.15) is 64.7 Å². The minimum absolute atomic E-state index is 0.0315. The van der Waals surface area contributed by atoms with E-state index < -0.39 is 24.2 Å². The second-order valence-corrected chi connectivity index (χ2v) is 11.0. The summed E-state index contributed by atoms with van der Waals surface area (Å²) in [6.07, 6.45) is 8.36. The second kappa shape index (κ2) is 10.9. The van der Waals surface area contributed by atoms with Crippen molar-refractivity contribution in [3.63, 3.8) is 0 Å². The van der Waals surface area contributed by atoms with Crippen molar-refractivity contribution in [3.05, 3.63) is 12.7 Å². The first-order valence-electron chi connectivity index (χ1n) is 13.1. The van der Waals surface area contributed by atoms with E-state index in [1.165, 1.54) is 25.3 Å². The molecule has 7 nitrogen and oxygen atoms in total. The molecule has 3 saturated carbocycles. The zero-order chi connectivity index (χ0) is 23.5. The molecule has 186 valence electrons. The number of ether oxygens (including phenoxy) is 1. The lowest BCUT2D eigenvalue weighted by Gasteiger charge is -2.43. The summed E-state index contributed by atoms with van der Waals surface area (Å²) in [4.78, 5) is 27.3. The highest BCUT2D eigenvalue weighted by Crippen LogP contribution is 2.40. The molecule has 8 unspecified atom stereocenters. The van der Waals surface area contributed by atoms with Gasteiger partial charge in [0.05, 0.1) is 24.2 Å². The van der Waals surface area contributed by atoms with Crippen molar-refractivity contribution < 1.29 is 24.5 Å². The smallest absolute Gasteiger partial charge is 0.243 e. The van der Waals surface area contributed by atoms with Gasteiger partial charge in [0.2, 0.25) is 11.8 Å². The minimum Gasteiger partial charge on any atom is -0.393 e. The van der Waals surface area contributed by atoms with Gasteiger partial charge in [-0.3, -0.25) is 9.59 Å². The number of likely N-dealkylation sites (tertiary alicyclic amines) is 1. The van der Waals surface area contributed by atoms with Crippen LogP contribution in [0.3, 0.4) is 0 Å². The Morgan fingerprint density at radius 1 is 1.03 bits per heavy atom. The highest BCUT2D eigenvalue weighted by molar-refractivity contribution is 5.87. The van der Waals surface area contributed by atoms with E-state index in [0.29, 0.717) is 37.5 Å². The summed E-state index contributed by atoms with van der Waals surface area (Å²) in [6, 6.07) is 0.133. The summed E-state index contributed by atoms with van der Waals surface area (Å²) >= 11 is 0. The zero-order valence-corrected chi connectivity index (χ0v) is 20.0. The predicted molar refractivity (Wildman–Crippen MR) is 125 cm³/mol. The normalized spacial score (nSPS) is 39.7. The van der Waals surface area contributed by atoms with Gasteiger partial charge in [0.25, 0.3) is 0 Å². The molecule has 0 bridgehead atoms. The molecule has 2 amide bonds. The fourth-order valence-electron chi connectivity index (χ4n) is 6.75. The first kappa shape index (κ1) is 24.7. The van der Waals surface area contributed by atoms with Gasteiger partial charge in [-0.1, -0.05) is 32.8 Å². The van der Waals surface area contributed by atoms with Crippen LogP contribution in [0, 0.1) is 29.6 Å². The molecule has 0 aromatic heterocycles. The van der Waals surface area contributed by atoms with Crippen LogP contribution in [-0.2, 0) is 14.3 Å². The molecule has 3 aliphatic carbocycles. The highest BCUT2D eigenvalue weighted by atomic mass is 16.5. The van der Waals surface area contributed by atoms with Crippen LogP contribution in [0.25, 0.3) is 0 Å². The number of hydrogen-bond acceptors (Lipinski definition) is 5. The van der Waals surface area contributed by atoms with Crippen molar-refractivity contribution in [2.45, 2.75) is 89.1 Å². The summed E-state index contributed by atoms with van der Waals surface area (Å²) in [5, 5.41) is 24.4. The van der Waals surface area contributed by atoms with Crippen molar-refractivity contribution in [2.75, 3.05) is 19.7 Å². The van der Waals surface area contributed by atoms with Gasteiger partial charge >= 0.3 is 0 Å². The van der Waals surface area contributed by atoms with Crippen LogP contribution in [0.4, 0.5) is 0 Å². The van der Waals surface area contributed by atoms with Crippen molar-refractivity contribution in [1.29, 1.82) is 0 Å². The van der Waals surface area contributed by atoms with E-state index in [1.807, 2.05) is 11.8 Å². The molecule has 33 heavy (non-hydrogen) atoms. The molecule has 0 aromatic rings. The first-order chi connectivity index (χ1) is 15.9. The summed E-state index contributed by atoms with van der Waals surface area (Å²) < 4.78 is 6.34. The topological polar surface area (TPSA) is 99.1 Å². The molecule has 0 radical (unpaired) electrons. The monoisotopic (exact) mass is 462 g/mol. The van der Waals surface area contributed by atoms with E-state index >= 15 is 0 Å². The molecule has 4 fully saturated rings. The van der Waals surface area contributed by atoms with Crippen LogP contribution < -0.4 is 5.32 Å². The van der Waals surface area contributed by atoms with Crippen molar-refractivity contribution in [1.82, 2.24) is 10.2 Å². The fraction of sp³-hybridized carbons (Fsp3) is 0.846. The molecule has 4 rings (SSSR count). The fourth-order valence-corrected chi connectivity index (χ4v) is 6.75. The third-order valence-electron chi connectivity index (χ3n) is 8.80. The number of aliphatic hydroxyl groups is 2. The molecule has 1 aliphatic heterocycles. The molecule has 0 aromatic carbocycles. The van der Waals surface area contributed by atoms with E-state index in [9.17, 15) is 19.8 Å². The number of carbonyl (C=O) groups is 2. The summed E-state index contributed by atoms with van der Waals surface area (Å²) in [5.41, 5.74) is 0. The minimum atomic E-state index is -0.887. The lowest BCUT2D eigenvalue weighted by molar-refractivity contribution is -0.169. The summed E-state index contributed by atoms with van der Waals surface area (Å²) in [7, 11) is 0. The number of carbonyl (C=O) groups excluding carboxylic acids is 2. The number of nitrogens with one attached hydrogen (secondary N) is 1. The molecule has 0 spiro atoms. The molecule has 4 aliphatic rings. The molecular formula is C26H42N2O5. The molecule has 3 N–H and O–H groups in total. The van der Waals surface area contributed by atoms with Crippen LogP contribution >= 0.6 is 0 Å². The van der Waals surface area contributed by atoms with Gasteiger partial charge in [0.1, 0.15) is 0 Å². The van der Waals surface area contributed by atoms with Gasteiger partial charge in [-0.15, -0.1) is 0 Å². The van der Waals surface area contributed by atoms with E-state index in [4.69, 9.17) is 4.74 Å². The van der Waals surface area contributed by atoms with Gasteiger partial charge in [0.15, 0.2) is 0 Å². The Hall–Kier alpha value is -1.44.